The topological polar surface area (TPSA) is 277 Å². The molecule has 1 aliphatic heterocycles. The number of halogens is 16. The average molecular weight is 2000 g/mol. The number of ether oxygens (including phenoxy) is 4. The minimum Gasteiger partial charge on any atom is -0.743 e. The number of rotatable bonds is 22. The fraction of sp³-hybridized carbons (Fsp3) is 0.389. The Balaban J connectivity index is 0.000000147. The molecule has 9 aromatic carbocycles. The lowest BCUT2D eigenvalue weighted by atomic mass is 9.49. The van der Waals surface area contributed by atoms with E-state index < -0.39 is 148 Å². The molecule has 0 spiro atoms. The van der Waals surface area contributed by atoms with Crippen LogP contribution in [0.4, 0.5) is 70.2 Å². The first-order chi connectivity index (χ1) is 62.5. The molecule has 10 bridgehead atoms. The third-order valence-electron chi connectivity index (χ3n) is 25.2. The molecular weight excluding hydrogens is 1910 g/mol. The summed E-state index contributed by atoms with van der Waals surface area (Å²) in [6.45, 7) is -1.94. The summed E-state index contributed by atoms with van der Waals surface area (Å²) in [5.41, 5.74) is -1.85. The van der Waals surface area contributed by atoms with Gasteiger partial charge in [0.15, 0.2) is 81.0 Å². The lowest BCUT2D eigenvalue weighted by Gasteiger charge is -2.55. The number of alkyl halides is 16. The Labute approximate surface area is 772 Å². The fourth-order valence-electron chi connectivity index (χ4n) is 20.2. The van der Waals surface area contributed by atoms with Crippen molar-refractivity contribution in [2.75, 3.05) is 6.61 Å². The Morgan fingerprint density at radius 3 is 0.888 bits per heavy atom. The van der Waals surface area contributed by atoms with E-state index in [1.165, 1.54) is 44.1 Å². The molecule has 10 aliphatic carbocycles. The van der Waals surface area contributed by atoms with Gasteiger partial charge in [0.2, 0.25) is 0 Å². The van der Waals surface area contributed by atoms with Crippen LogP contribution in [0.3, 0.4) is 0 Å². The van der Waals surface area contributed by atoms with Gasteiger partial charge in [0.25, 0.3) is 6.10 Å². The van der Waals surface area contributed by atoms with Gasteiger partial charge in [-0.3, -0.25) is 19.2 Å². The highest BCUT2D eigenvalue weighted by Crippen LogP contribution is 2.65. The van der Waals surface area contributed by atoms with E-state index in [4.69, 9.17) is 9.47 Å². The smallest absolute Gasteiger partial charge is 0.460 e. The third kappa shape index (κ3) is 22.3. The molecule has 0 amide bonds. The molecule has 1 heterocycles. The second kappa shape index (κ2) is 41.1. The normalized spacial score (nSPS) is 25.0. The summed E-state index contributed by atoms with van der Waals surface area (Å²) in [6.07, 6.45) is -9.57. The number of hydrogen-bond acceptors (Lipinski definition) is 17. The van der Waals surface area contributed by atoms with E-state index in [2.05, 4.69) is 282 Å². The van der Waals surface area contributed by atoms with Crippen LogP contribution in [0.15, 0.2) is 317 Å². The van der Waals surface area contributed by atoms with Gasteiger partial charge < -0.3 is 32.6 Å². The zero-order valence-corrected chi connectivity index (χ0v) is 74.7. The Hall–Kier alpha value is -9.48. The van der Waals surface area contributed by atoms with Crippen molar-refractivity contribution in [3.8, 4) is 0 Å². The van der Waals surface area contributed by atoms with Gasteiger partial charge >= 0.3 is 63.8 Å². The van der Waals surface area contributed by atoms with Crippen LogP contribution in [0.1, 0.15) is 90.9 Å². The number of carbonyl (C=O) groups excluding carboxylic acids is 4. The van der Waals surface area contributed by atoms with Gasteiger partial charge in [0, 0.05) is 11.8 Å². The minimum atomic E-state index is -7.43. The maximum atomic E-state index is 13.5. The number of fused-ring (bicyclic) bond motifs is 1. The molecule has 11 fully saturated rings. The first kappa shape index (κ1) is 103. The zero-order valence-electron chi connectivity index (χ0n) is 69.8. The van der Waals surface area contributed by atoms with E-state index in [0.29, 0.717) is 24.2 Å². The summed E-state index contributed by atoms with van der Waals surface area (Å²) in [5.74, 6) is -19.8. The lowest BCUT2D eigenvalue weighted by Crippen LogP contribution is -2.63. The lowest BCUT2D eigenvalue weighted by molar-refractivity contribution is -0.382. The van der Waals surface area contributed by atoms with Crippen LogP contribution < -0.4 is 0 Å². The van der Waals surface area contributed by atoms with Crippen molar-refractivity contribution in [2.45, 2.75) is 193 Å². The Morgan fingerprint density at radius 1 is 0.381 bits per heavy atom. The number of carbonyl (C=O) groups is 4. The second-order valence-electron chi connectivity index (χ2n) is 34.2. The predicted molar refractivity (Wildman–Crippen MR) is 458 cm³/mol. The molecule has 17 nitrogen and oxygen atoms in total. The summed E-state index contributed by atoms with van der Waals surface area (Å²) >= 11 is 0. The van der Waals surface area contributed by atoms with Crippen molar-refractivity contribution in [2.24, 2.45) is 70.0 Å². The fourth-order valence-corrected chi connectivity index (χ4v) is 27.6. The molecule has 720 valence electrons. The predicted octanol–water partition coefficient (Wildman–Crippen LogP) is 21.4. The van der Waals surface area contributed by atoms with E-state index in [-0.39, 0.29) is 83.1 Å². The van der Waals surface area contributed by atoms with Gasteiger partial charge in [-0.1, -0.05) is 171 Å². The monoisotopic (exact) mass is 2000 g/mol. The molecule has 11 aliphatic rings. The maximum Gasteiger partial charge on any atom is 0.460 e. The average Bonchev–Trinajstić information content (AvgIpc) is 1.52. The minimum absolute atomic E-state index is 0. The molecule has 20 rings (SSSR count). The second-order valence-corrected chi connectivity index (χ2v) is 44.6. The van der Waals surface area contributed by atoms with Crippen LogP contribution in [-0.4, -0.2) is 128 Å². The highest BCUT2D eigenvalue weighted by atomic mass is 32.2. The van der Waals surface area contributed by atoms with Crippen molar-refractivity contribution >= 4 is 86.9 Å². The zero-order chi connectivity index (χ0) is 96.3. The molecule has 10 saturated carbocycles. The highest BCUT2D eigenvalue weighted by Gasteiger charge is 2.84. The molecule has 7 atom stereocenters. The van der Waals surface area contributed by atoms with Crippen molar-refractivity contribution in [3.63, 3.8) is 0 Å². The third-order valence-corrected chi connectivity index (χ3v) is 34.5. The summed E-state index contributed by atoms with van der Waals surface area (Å²) in [7, 11) is -20.2. The van der Waals surface area contributed by atoms with Crippen molar-refractivity contribution in [1.29, 1.82) is 0 Å². The van der Waals surface area contributed by atoms with Gasteiger partial charge in [-0.25, -0.2) is 25.3 Å². The summed E-state index contributed by atoms with van der Waals surface area (Å²) in [4.78, 5) is 63.2. The Bertz CT molecular complexity index is 5210. The molecule has 7 unspecified atom stereocenters. The standard InChI is InChI=1S/C22H26F2O9S.3C18H15S.C14H17F5O5S.C4HF9O3S.CH4/c23-22(24,34(28,29)30)8-31-18(25)14-12-4-13-15(14)19(26)32-16(13)17(12)33-20(27)21-5-9-1-10(6-21)3-11(2-9)7-21;3*1-4-10-16(11-5-1)19(17-12-6-2-7-13-17)18-14-8-3-9-15-18;15-13(16,17)10(14(18,19)25(21,22)23)24-11(20)12-4-7-1-8(5-12)3-9(2-7)6-12;5-1(6,3(9,10)11)2(7,8)4(12,13)17(14,15)16;/h9-17H,1-8H2,(H,28,29,30);3*1-15H;7-10H,1-6H2,(H,21,22,23);(H,14,15,16);1H4/q;3*+1;;;/p-3. The van der Waals surface area contributed by atoms with Crippen molar-refractivity contribution in [3.05, 3.63) is 273 Å². The van der Waals surface area contributed by atoms with E-state index in [0.717, 1.165) is 57.8 Å². The number of esters is 4. The first-order valence-corrected chi connectivity index (χ1v) is 49.7. The quantitative estimate of drug-likeness (QED) is 0.0200. The maximum absolute atomic E-state index is 13.5. The molecule has 9 aromatic rings. The van der Waals surface area contributed by atoms with E-state index in [9.17, 15) is 128 Å². The van der Waals surface area contributed by atoms with Crippen LogP contribution in [0.5, 0.6) is 0 Å². The largest absolute Gasteiger partial charge is 0.743 e. The Morgan fingerprint density at radius 2 is 0.649 bits per heavy atom. The summed E-state index contributed by atoms with van der Waals surface area (Å²) in [5, 5.41) is -17.7. The van der Waals surface area contributed by atoms with E-state index in [1.807, 2.05) is 0 Å². The summed E-state index contributed by atoms with van der Waals surface area (Å²) < 4.78 is 312. The SMILES string of the molecule is C.O=C(OC(C(F)(F)F)C(F)(F)S(=O)(=O)[O-])C12CC3CC(CC(C3)C1)C2.O=C1OC2C3CC(C2OC(=O)C24CC5CC(CC(C5)C2)C4)C(C(=O)OCC(F)(F)S(=O)(=O)[O-])C13.O=S(=O)([O-])C(F)(F)C(F)(F)C(F)(F)C(F)(F)F.c1ccc([S+](c2ccccc2)c2ccccc2)cc1.c1ccc([S+](c2ccccc2)c2ccccc2)cc1.c1ccc([S+](c2ccccc2)c2ccccc2)cc1. The van der Waals surface area contributed by atoms with Gasteiger partial charge in [-0.15, -0.1) is 0 Å². The van der Waals surface area contributed by atoms with Crippen LogP contribution in [0.2, 0.25) is 0 Å². The van der Waals surface area contributed by atoms with E-state index >= 15 is 0 Å². The molecule has 0 aromatic heterocycles. The van der Waals surface area contributed by atoms with Gasteiger partial charge in [0.05, 0.1) is 55.4 Å². The van der Waals surface area contributed by atoms with Crippen molar-refractivity contribution < 1.29 is 147 Å². The van der Waals surface area contributed by atoms with Gasteiger partial charge in [-0.05, 0) is 228 Å². The molecule has 1 saturated heterocycles. The van der Waals surface area contributed by atoms with Gasteiger partial charge in [-0.2, -0.15) is 70.2 Å². The Kier molecular flexibility index (Phi) is 31.7. The first-order valence-electron chi connectivity index (χ1n) is 41.8. The summed E-state index contributed by atoms with van der Waals surface area (Å²) in [6, 6.07) is 96.5. The van der Waals surface area contributed by atoms with Gasteiger partial charge in [0.1, 0.15) is 12.2 Å². The molecule has 39 heteroatoms. The van der Waals surface area contributed by atoms with Crippen LogP contribution in [0.25, 0.3) is 0 Å². The highest BCUT2D eigenvalue weighted by molar-refractivity contribution is 7.97. The van der Waals surface area contributed by atoms with Crippen LogP contribution >= 0.6 is 0 Å². The van der Waals surface area contributed by atoms with E-state index in [1.54, 1.807) is 0 Å². The molecule has 134 heavy (non-hydrogen) atoms. The van der Waals surface area contributed by atoms with Crippen LogP contribution in [-0.2, 0) is 101 Å². The van der Waals surface area contributed by atoms with Crippen molar-refractivity contribution in [1.82, 2.24) is 0 Å². The van der Waals surface area contributed by atoms with Crippen LogP contribution in [0, 0.1) is 70.0 Å². The molecular formula is C95H90F16O17S6. The number of hydrogen-bond donors (Lipinski definition) is 0. The molecule has 0 N–H and O–H groups in total. The molecule has 0 radical (unpaired) electrons. The number of benzene rings is 9.